The largest absolute Gasteiger partial charge is 0.493 e. The molecule has 0 radical (unpaired) electrons. The van der Waals surface area contributed by atoms with E-state index >= 15 is 0 Å². The van der Waals surface area contributed by atoms with E-state index < -0.39 is 18.6 Å². The van der Waals surface area contributed by atoms with Crippen LogP contribution in [0.1, 0.15) is 21.7 Å². The van der Waals surface area contributed by atoms with Crippen molar-refractivity contribution in [2.45, 2.75) is 25.6 Å². The maximum atomic E-state index is 13.2. The van der Waals surface area contributed by atoms with Crippen LogP contribution in [-0.4, -0.2) is 43.5 Å². The van der Waals surface area contributed by atoms with Crippen LogP contribution >= 0.6 is 0 Å². The lowest BCUT2D eigenvalue weighted by Crippen LogP contribution is -2.48. The van der Waals surface area contributed by atoms with Crippen LogP contribution in [0.5, 0.6) is 11.5 Å². The number of alkyl halides is 2. The minimum Gasteiger partial charge on any atom is -0.493 e. The van der Waals surface area contributed by atoms with Gasteiger partial charge in [-0.1, -0.05) is 36.4 Å². The summed E-state index contributed by atoms with van der Waals surface area (Å²) in [6, 6.07) is 16.0. The van der Waals surface area contributed by atoms with Crippen LogP contribution in [0.3, 0.4) is 0 Å². The van der Waals surface area contributed by atoms with Crippen LogP contribution in [0, 0.1) is 0 Å². The third-order valence-electron chi connectivity index (χ3n) is 4.87. The van der Waals surface area contributed by atoms with Crippen LogP contribution in [0.4, 0.5) is 8.78 Å². The summed E-state index contributed by atoms with van der Waals surface area (Å²) in [6.07, 6.45) is 1.66. The summed E-state index contributed by atoms with van der Waals surface area (Å²) in [5.74, 6) is -0.704. The molecule has 1 atom stereocenters. The Hall–Kier alpha value is -3.88. The Balaban J connectivity index is 1.76. The molecule has 0 saturated carbocycles. The molecule has 1 aromatic heterocycles. The standard InChI is InChI=1S/C24H24F2N2O5/c1-28(15-17-10-11-19(33-24(25)26)21(14-17)31-2)23(30)18(13-16-7-4-3-5-8-16)27-22(29)20-9-6-12-32-20/h3-12,14,18,24H,13,15H2,1-2H3,(H,27,29)/t18-/m0/s1. The fourth-order valence-corrected chi connectivity index (χ4v) is 3.31. The summed E-state index contributed by atoms with van der Waals surface area (Å²) in [4.78, 5) is 27.2. The number of nitrogens with one attached hydrogen (secondary N) is 1. The number of carbonyl (C=O) groups is 2. The Morgan fingerprint density at radius 3 is 2.42 bits per heavy atom. The first-order chi connectivity index (χ1) is 15.9. The van der Waals surface area contributed by atoms with Gasteiger partial charge in [-0.15, -0.1) is 0 Å². The number of likely N-dealkylation sites (N-methyl/N-ethyl adjacent to an activating group) is 1. The van der Waals surface area contributed by atoms with Gasteiger partial charge in [0.25, 0.3) is 5.91 Å². The molecule has 0 unspecified atom stereocenters. The molecule has 1 heterocycles. The highest BCUT2D eigenvalue weighted by atomic mass is 19.3. The molecule has 174 valence electrons. The predicted octanol–water partition coefficient (Wildman–Crippen LogP) is 3.89. The van der Waals surface area contributed by atoms with E-state index in [1.54, 1.807) is 19.2 Å². The minimum absolute atomic E-state index is 0.0992. The van der Waals surface area contributed by atoms with Gasteiger partial charge in [-0.2, -0.15) is 8.78 Å². The van der Waals surface area contributed by atoms with E-state index in [1.165, 1.54) is 36.5 Å². The van der Waals surface area contributed by atoms with Gasteiger partial charge in [0, 0.05) is 20.0 Å². The highest BCUT2D eigenvalue weighted by Crippen LogP contribution is 2.29. The van der Waals surface area contributed by atoms with E-state index in [9.17, 15) is 18.4 Å². The van der Waals surface area contributed by atoms with Gasteiger partial charge in [0.15, 0.2) is 17.3 Å². The molecule has 33 heavy (non-hydrogen) atoms. The SMILES string of the molecule is COc1cc(CN(C)C(=O)[C@H](Cc2ccccc2)NC(=O)c2ccco2)ccc1OC(F)F. The summed E-state index contributed by atoms with van der Waals surface area (Å²) < 4.78 is 39.8. The lowest BCUT2D eigenvalue weighted by Gasteiger charge is -2.25. The van der Waals surface area contributed by atoms with Crippen molar-refractivity contribution in [1.82, 2.24) is 10.2 Å². The van der Waals surface area contributed by atoms with Gasteiger partial charge in [0.05, 0.1) is 13.4 Å². The number of carbonyl (C=O) groups excluding carboxylic acids is 2. The monoisotopic (exact) mass is 458 g/mol. The van der Waals surface area contributed by atoms with Crippen molar-refractivity contribution in [3.05, 3.63) is 83.8 Å². The molecule has 9 heteroatoms. The van der Waals surface area contributed by atoms with Crippen molar-refractivity contribution in [2.24, 2.45) is 0 Å². The average molecular weight is 458 g/mol. The number of hydrogen-bond acceptors (Lipinski definition) is 5. The molecule has 7 nitrogen and oxygen atoms in total. The smallest absolute Gasteiger partial charge is 0.387 e. The molecular formula is C24H24F2N2O5. The van der Waals surface area contributed by atoms with Crippen molar-refractivity contribution in [3.8, 4) is 11.5 Å². The minimum atomic E-state index is -2.98. The summed E-state index contributed by atoms with van der Waals surface area (Å²) in [7, 11) is 2.93. The Labute approximate surface area is 189 Å². The first kappa shape index (κ1) is 23.8. The number of hydrogen-bond donors (Lipinski definition) is 1. The highest BCUT2D eigenvalue weighted by Gasteiger charge is 2.26. The molecular weight excluding hydrogens is 434 g/mol. The third-order valence-corrected chi connectivity index (χ3v) is 4.87. The van der Waals surface area contributed by atoms with Gasteiger partial charge in [-0.25, -0.2) is 0 Å². The maximum absolute atomic E-state index is 13.2. The average Bonchev–Trinajstić information content (AvgIpc) is 3.34. The zero-order chi connectivity index (χ0) is 23.8. The van der Waals surface area contributed by atoms with Crippen LogP contribution in [0.2, 0.25) is 0 Å². The molecule has 0 aliphatic carbocycles. The zero-order valence-electron chi connectivity index (χ0n) is 18.2. The molecule has 0 aliphatic heterocycles. The van der Waals surface area contributed by atoms with Crippen molar-refractivity contribution in [2.75, 3.05) is 14.2 Å². The number of ether oxygens (including phenoxy) is 2. The molecule has 0 saturated heterocycles. The lowest BCUT2D eigenvalue weighted by molar-refractivity contribution is -0.132. The first-order valence-corrected chi connectivity index (χ1v) is 10.1. The lowest BCUT2D eigenvalue weighted by atomic mass is 10.0. The van der Waals surface area contributed by atoms with Crippen LogP contribution in [0.15, 0.2) is 71.3 Å². The van der Waals surface area contributed by atoms with Crippen LogP contribution in [-0.2, 0) is 17.8 Å². The van der Waals surface area contributed by atoms with Gasteiger partial charge in [0.2, 0.25) is 5.91 Å². The van der Waals surface area contributed by atoms with Crippen molar-refractivity contribution in [1.29, 1.82) is 0 Å². The number of amides is 2. The highest BCUT2D eigenvalue weighted by molar-refractivity contribution is 5.95. The molecule has 3 rings (SSSR count). The fraction of sp³-hybridized carbons (Fsp3) is 0.250. The number of furan rings is 1. The molecule has 0 spiro atoms. The van der Waals surface area contributed by atoms with Gasteiger partial charge in [-0.05, 0) is 35.4 Å². The molecule has 1 N–H and O–H groups in total. The van der Waals surface area contributed by atoms with E-state index in [-0.39, 0.29) is 36.1 Å². The van der Waals surface area contributed by atoms with Gasteiger partial charge >= 0.3 is 6.61 Å². The molecule has 0 aliphatic rings. The van der Waals surface area contributed by atoms with Crippen LogP contribution in [0.25, 0.3) is 0 Å². The maximum Gasteiger partial charge on any atom is 0.387 e. The second-order valence-electron chi connectivity index (χ2n) is 7.25. The summed E-state index contributed by atoms with van der Waals surface area (Å²) in [5.41, 5.74) is 1.51. The second kappa shape index (κ2) is 11.1. The quantitative estimate of drug-likeness (QED) is 0.499. The van der Waals surface area contributed by atoms with E-state index in [2.05, 4.69) is 10.1 Å². The van der Waals surface area contributed by atoms with Gasteiger partial charge < -0.3 is 24.1 Å². The zero-order valence-corrected chi connectivity index (χ0v) is 18.2. The van der Waals surface area contributed by atoms with E-state index in [0.717, 1.165) is 5.56 Å². The molecule has 3 aromatic rings. The number of rotatable bonds is 10. The topological polar surface area (TPSA) is 81.0 Å². The number of benzene rings is 2. The summed E-state index contributed by atoms with van der Waals surface area (Å²) in [5, 5.41) is 2.74. The summed E-state index contributed by atoms with van der Waals surface area (Å²) in [6.45, 7) is -2.82. The Bertz CT molecular complexity index is 1060. The Morgan fingerprint density at radius 2 is 1.79 bits per heavy atom. The van der Waals surface area contributed by atoms with Gasteiger partial charge in [0.1, 0.15) is 6.04 Å². The normalized spacial score (nSPS) is 11.7. The second-order valence-corrected chi connectivity index (χ2v) is 7.25. The Kier molecular flexibility index (Phi) is 8.01. The molecule has 2 amide bonds. The number of nitrogens with zero attached hydrogens (tertiary/aromatic N) is 1. The first-order valence-electron chi connectivity index (χ1n) is 10.1. The van der Waals surface area contributed by atoms with Crippen LogP contribution < -0.4 is 14.8 Å². The molecule has 2 aromatic carbocycles. The van der Waals surface area contributed by atoms with Crippen molar-refractivity contribution < 1.29 is 32.3 Å². The van der Waals surface area contributed by atoms with Gasteiger partial charge in [-0.3, -0.25) is 9.59 Å². The third kappa shape index (κ3) is 6.55. The fourth-order valence-electron chi connectivity index (χ4n) is 3.31. The Morgan fingerprint density at radius 1 is 1.03 bits per heavy atom. The number of halogens is 2. The van der Waals surface area contributed by atoms with Crippen molar-refractivity contribution in [3.63, 3.8) is 0 Å². The molecule has 0 bridgehead atoms. The molecule has 0 fully saturated rings. The number of methoxy groups -OCH3 is 1. The van der Waals surface area contributed by atoms with E-state index in [0.29, 0.717) is 5.56 Å². The van der Waals surface area contributed by atoms with Crippen molar-refractivity contribution >= 4 is 11.8 Å². The summed E-state index contributed by atoms with van der Waals surface area (Å²) >= 11 is 0. The predicted molar refractivity (Wildman–Crippen MR) is 116 cm³/mol. The van der Waals surface area contributed by atoms with E-state index in [4.69, 9.17) is 9.15 Å². The van der Waals surface area contributed by atoms with E-state index in [1.807, 2.05) is 30.3 Å².